The van der Waals surface area contributed by atoms with E-state index >= 15 is 0 Å². The molecule has 3 aliphatic carbocycles. The van der Waals surface area contributed by atoms with Crippen LogP contribution in [0.3, 0.4) is 0 Å². The molecule has 55 heavy (non-hydrogen) atoms. The third kappa shape index (κ3) is 8.70. The van der Waals surface area contributed by atoms with Crippen molar-refractivity contribution in [3.63, 3.8) is 0 Å². The normalized spacial score (nSPS) is 28.7. The average molecular weight is 786 g/mol. The molecule has 1 aliphatic heterocycles. The molecule has 2 aromatic heterocycles. The predicted octanol–water partition coefficient (Wildman–Crippen LogP) is 8.47. The monoisotopic (exact) mass is 785 g/mol. The van der Waals surface area contributed by atoms with Crippen LogP contribution in [0.5, 0.6) is 5.75 Å². The van der Waals surface area contributed by atoms with Gasteiger partial charge in [0.1, 0.15) is 11.4 Å². The fourth-order valence-electron chi connectivity index (χ4n) is 8.95. The zero-order chi connectivity index (χ0) is 39.5. The molecule has 0 spiro atoms. The zero-order valence-electron chi connectivity index (χ0n) is 30.2. The summed E-state index contributed by atoms with van der Waals surface area (Å²) in [6.45, 7) is 0.524. The number of carbonyl (C=O) groups excluding carboxylic acids is 1. The number of nitrogens with one attached hydrogen (secondary N) is 1. The lowest BCUT2D eigenvalue weighted by Gasteiger charge is -2.46. The maximum absolute atomic E-state index is 14.9. The number of alkyl halides is 8. The van der Waals surface area contributed by atoms with Crippen LogP contribution in [-0.2, 0) is 11.0 Å². The van der Waals surface area contributed by atoms with E-state index in [1.165, 1.54) is 6.92 Å². The number of nitrogens with zero attached hydrogens (tertiary/aromatic N) is 4. The Balaban J connectivity index is 1.14. The highest BCUT2D eigenvalue weighted by Gasteiger charge is 2.47. The second-order valence-corrected chi connectivity index (χ2v) is 16.1. The van der Waals surface area contributed by atoms with E-state index in [0.717, 1.165) is 6.20 Å². The molecule has 1 saturated heterocycles. The number of likely N-dealkylation sites (tertiary alicyclic amines) is 1. The second kappa shape index (κ2) is 14.5. The Hall–Kier alpha value is -4.02. The van der Waals surface area contributed by atoms with Crippen molar-refractivity contribution in [1.82, 2.24) is 24.8 Å². The number of carboxylic acids is 1. The van der Waals surface area contributed by atoms with E-state index < -0.39 is 64.7 Å². The van der Waals surface area contributed by atoms with E-state index in [2.05, 4.69) is 15.3 Å². The minimum absolute atomic E-state index is 0.0513. The summed E-state index contributed by atoms with van der Waals surface area (Å²) in [6, 6.07) is 4.66. The number of carboxylic acid groups (broad SMARTS) is 1. The minimum atomic E-state index is -5.09. The number of hydrogen-bond donors (Lipinski definition) is 2. The summed E-state index contributed by atoms with van der Waals surface area (Å²) in [5, 5.41) is 12.3. The third-order valence-corrected chi connectivity index (χ3v) is 11.7. The van der Waals surface area contributed by atoms with E-state index in [-0.39, 0.29) is 88.1 Å². The third-order valence-electron chi connectivity index (χ3n) is 11.7. The van der Waals surface area contributed by atoms with Crippen LogP contribution >= 0.6 is 0 Å². The van der Waals surface area contributed by atoms with E-state index in [0.29, 0.717) is 42.3 Å². The lowest BCUT2D eigenvalue weighted by molar-refractivity contribution is -0.151. The molecule has 0 bridgehead atoms. The van der Waals surface area contributed by atoms with Crippen LogP contribution in [0.1, 0.15) is 99.6 Å². The summed E-state index contributed by atoms with van der Waals surface area (Å²) in [4.78, 5) is 34.5. The lowest BCUT2D eigenvalue weighted by atomic mass is 9.74. The molecule has 4 fully saturated rings. The Kier molecular flexibility index (Phi) is 10.3. The molecular weight excluding hydrogens is 742 g/mol. The van der Waals surface area contributed by atoms with Crippen molar-refractivity contribution >= 4 is 22.8 Å². The van der Waals surface area contributed by atoms with Gasteiger partial charge in [-0.1, -0.05) is 0 Å². The number of aromatic nitrogens is 3. The van der Waals surface area contributed by atoms with Gasteiger partial charge in [0.05, 0.1) is 36.2 Å². The summed E-state index contributed by atoms with van der Waals surface area (Å²) in [7, 11) is 0. The number of ether oxygens (including phenoxy) is 1. The van der Waals surface area contributed by atoms with Gasteiger partial charge in [-0.2, -0.15) is 13.2 Å². The van der Waals surface area contributed by atoms with Gasteiger partial charge in [0.2, 0.25) is 5.92 Å². The Morgan fingerprint density at radius 2 is 1.65 bits per heavy atom. The van der Waals surface area contributed by atoms with Gasteiger partial charge in [0.15, 0.2) is 11.5 Å². The van der Waals surface area contributed by atoms with Crippen LogP contribution in [0.15, 0.2) is 30.6 Å². The number of carbonyl (C=O) groups is 2. The van der Waals surface area contributed by atoms with Crippen LogP contribution in [0, 0.1) is 11.8 Å². The molecule has 3 atom stereocenters. The summed E-state index contributed by atoms with van der Waals surface area (Å²) in [5.41, 5.74) is -3.48. The van der Waals surface area contributed by atoms with Gasteiger partial charge in [-0.15, -0.1) is 0 Å². The van der Waals surface area contributed by atoms with Crippen molar-refractivity contribution in [2.75, 3.05) is 19.6 Å². The van der Waals surface area contributed by atoms with E-state index in [9.17, 15) is 49.8 Å². The summed E-state index contributed by atoms with van der Waals surface area (Å²) in [5.74, 6) is -9.32. The SMILES string of the molecule is C[C@]1(F)CC(CNC(=O)c2cnc(-c3cn(C4CCC(F)(F)CC4)c4cc(O[C@H]5CC[C@H](N6CC(F)(F)C6)CC5)ccc34)nc2C(F)(F)F)C[C@H](C(=O)O)C1. The Morgan fingerprint density at radius 1 is 0.964 bits per heavy atom. The fourth-order valence-corrected chi connectivity index (χ4v) is 8.95. The fraction of sp³-hybridized carbons (Fsp3) is 0.632. The number of halogens is 8. The van der Waals surface area contributed by atoms with Gasteiger partial charge < -0.3 is 19.7 Å². The van der Waals surface area contributed by atoms with Crippen LogP contribution in [0.2, 0.25) is 0 Å². The Labute approximate surface area is 311 Å². The van der Waals surface area contributed by atoms with Gasteiger partial charge in [0, 0.05) is 60.9 Å². The number of amides is 1. The van der Waals surface area contributed by atoms with E-state index in [1.54, 1.807) is 33.9 Å². The standard InChI is InChI=1S/C38H43F8N5O4/c1-35(39)14-21(12-22(15-35)34(53)54)16-48-33(52)28-17-47-32(49-31(28)38(44,45)46)29-18-51(24-8-10-36(40,41)11-9-24)30-13-26(6-7-27(29)30)55-25-4-2-23(3-5-25)50-19-37(42,43)20-50/h6-7,13,17-18,21-25H,2-5,8-12,14-16,19-20H2,1H3,(H,48,52)(H,53,54)/t21?,22-,23-,25-,35-/m0/s1. The van der Waals surface area contributed by atoms with E-state index in [1.807, 2.05) is 0 Å². The average Bonchev–Trinajstić information content (AvgIpc) is 3.47. The quantitative estimate of drug-likeness (QED) is 0.210. The maximum atomic E-state index is 14.9. The molecule has 4 aliphatic rings. The first-order valence-corrected chi connectivity index (χ1v) is 18.7. The lowest BCUT2D eigenvalue weighted by Crippen LogP contribution is -2.60. The van der Waals surface area contributed by atoms with Crippen LogP contribution < -0.4 is 10.1 Å². The van der Waals surface area contributed by atoms with Crippen molar-refractivity contribution in [1.29, 1.82) is 0 Å². The maximum Gasteiger partial charge on any atom is 0.434 e. The number of rotatable bonds is 9. The van der Waals surface area contributed by atoms with Gasteiger partial charge in [-0.3, -0.25) is 14.5 Å². The molecule has 300 valence electrons. The van der Waals surface area contributed by atoms with E-state index in [4.69, 9.17) is 4.74 Å². The van der Waals surface area contributed by atoms with Crippen molar-refractivity contribution < 1.29 is 54.6 Å². The molecule has 9 nitrogen and oxygen atoms in total. The summed E-state index contributed by atoms with van der Waals surface area (Å²) < 4.78 is 122. The van der Waals surface area contributed by atoms with Gasteiger partial charge >= 0.3 is 12.1 Å². The van der Waals surface area contributed by atoms with Crippen LogP contribution in [-0.4, -0.2) is 85.7 Å². The number of aliphatic carboxylic acids is 1. The smallest absolute Gasteiger partial charge is 0.434 e. The Bertz CT molecular complexity index is 1910. The van der Waals surface area contributed by atoms with Crippen molar-refractivity contribution in [3.8, 4) is 17.1 Å². The molecule has 3 saturated carbocycles. The van der Waals surface area contributed by atoms with Gasteiger partial charge in [-0.05, 0) is 82.8 Å². The molecule has 3 heterocycles. The molecule has 1 amide bonds. The summed E-state index contributed by atoms with van der Waals surface area (Å²) >= 11 is 0. The topological polar surface area (TPSA) is 110 Å². The molecule has 1 aromatic carbocycles. The molecule has 2 N–H and O–H groups in total. The molecule has 0 radical (unpaired) electrons. The van der Waals surface area contributed by atoms with Crippen LogP contribution in [0.4, 0.5) is 35.1 Å². The number of benzene rings is 1. The largest absolute Gasteiger partial charge is 0.490 e. The highest BCUT2D eigenvalue weighted by molar-refractivity contribution is 5.97. The molecule has 7 rings (SSSR count). The first kappa shape index (κ1) is 39.2. The Morgan fingerprint density at radius 3 is 2.29 bits per heavy atom. The highest BCUT2D eigenvalue weighted by Crippen LogP contribution is 2.44. The molecule has 1 unspecified atom stereocenters. The zero-order valence-corrected chi connectivity index (χ0v) is 30.2. The molecular formula is C38H43F8N5O4. The van der Waals surface area contributed by atoms with Crippen molar-refractivity contribution in [2.45, 2.75) is 119 Å². The molecule has 3 aromatic rings. The van der Waals surface area contributed by atoms with Gasteiger partial charge in [-0.25, -0.2) is 31.9 Å². The summed E-state index contributed by atoms with van der Waals surface area (Å²) in [6.07, 6.45) is -1.04. The first-order valence-electron chi connectivity index (χ1n) is 18.7. The number of fused-ring (bicyclic) bond motifs is 1. The minimum Gasteiger partial charge on any atom is -0.490 e. The van der Waals surface area contributed by atoms with Crippen molar-refractivity contribution in [3.05, 3.63) is 41.9 Å². The first-order chi connectivity index (χ1) is 25.8. The molecule has 17 heteroatoms. The highest BCUT2D eigenvalue weighted by atomic mass is 19.4. The number of hydrogen-bond acceptors (Lipinski definition) is 6. The van der Waals surface area contributed by atoms with Crippen molar-refractivity contribution in [2.24, 2.45) is 11.8 Å². The van der Waals surface area contributed by atoms with Crippen LogP contribution in [0.25, 0.3) is 22.3 Å². The van der Waals surface area contributed by atoms with Gasteiger partial charge in [0.25, 0.3) is 11.8 Å². The second-order valence-electron chi connectivity index (χ2n) is 16.1. The predicted molar refractivity (Wildman–Crippen MR) is 184 cm³/mol.